The van der Waals surface area contributed by atoms with Crippen molar-refractivity contribution in [3.05, 3.63) is 23.8 Å². The lowest BCUT2D eigenvalue weighted by Crippen LogP contribution is -2.45. The molecule has 2 N–H and O–H groups in total. The average Bonchev–Trinajstić information content (AvgIpc) is 2.14. The fourth-order valence-electron chi connectivity index (χ4n) is 2.36. The molecule has 1 saturated heterocycles. The van der Waals surface area contributed by atoms with Crippen LogP contribution in [0, 0.1) is 6.92 Å². The maximum atomic E-state index is 5.88. The van der Waals surface area contributed by atoms with Gasteiger partial charge in [0.2, 0.25) is 0 Å². The molecule has 0 unspecified atom stereocenters. The van der Waals surface area contributed by atoms with E-state index in [0.29, 0.717) is 0 Å². The van der Waals surface area contributed by atoms with Gasteiger partial charge >= 0.3 is 0 Å². The molecule has 1 heterocycles. The monoisotopic (exact) mass is 220 g/mol. The number of hydrogen-bond acceptors (Lipinski definition) is 3. The number of morpholine rings is 1. The molecule has 0 bridgehead atoms. The molecule has 3 heteroatoms. The van der Waals surface area contributed by atoms with Crippen LogP contribution in [0.4, 0.5) is 11.4 Å². The summed E-state index contributed by atoms with van der Waals surface area (Å²) in [6.07, 6.45) is 0.566. The second kappa shape index (κ2) is 4.34. The Morgan fingerprint density at radius 3 is 2.38 bits per heavy atom. The Bertz CT molecular complexity index is 348. The summed E-state index contributed by atoms with van der Waals surface area (Å²) in [5, 5.41) is 0. The molecular formula is C13H20N2O. The van der Waals surface area contributed by atoms with Gasteiger partial charge in [-0.1, -0.05) is 0 Å². The zero-order chi connectivity index (χ0) is 11.7. The van der Waals surface area contributed by atoms with Crippen molar-refractivity contribution in [3.8, 4) is 0 Å². The zero-order valence-corrected chi connectivity index (χ0v) is 10.2. The minimum Gasteiger partial charge on any atom is -0.399 e. The molecule has 0 saturated carbocycles. The highest BCUT2D eigenvalue weighted by Gasteiger charge is 2.22. The van der Waals surface area contributed by atoms with Crippen LogP contribution in [0.2, 0.25) is 0 Å². The van der Waals surface area contributed by atoms with Crippen molar-refractivity contribution >= 4 is 11.4 Å². The van der Waals surface area contributed by atoms with Gasteiger partial charge in [0.1, 0.15) is 0 Å². The molecular weight excluding hydrogens is 200 g/mol. The molecule has 88 valence electrons. The molecule has 1 fully saturated rings. The van der Waals surface area contributed by atoms with Crippen molar-refractivity contribution < 1.29 is 4.74 Å². The summed E-state index contributed by atoms with van der Waals surface area (Å²) in [5.74, 6) is 0. The molecule has 2 rings (SSSR count). The van der Waals surface area contributed by atoms with Crippen LogP contribution < -0.4 is 10.6 Å². The van der Waals surface area contributed by atoms with Gasteiger partial charge in [-0.3, -0.25) is 0 Å². The molecule has 16 heavy (non-hydrogen) atoms. The minimum atomic E-state index is 0.283. The van der Waals surface area contributed by atoms with Gasteiger partial charge in [0.15, 0.2) is 0 Å². The van der Waals surface area contributed by atoms with Gasteiger partial charge in [-0.05, 0) is 44.5 Å². The summed E-state index contributed by atoms with van der Waals surface area (Å²) in [5.41, 5.74) is 9.13. The van der Waals surface area contributed by atoms with E-state index in [1.54, 1.807) is 0 Å². The van der Waals surface area contributed by atoms with E-state index >= 15 is 0 Å². The topological polar surface area (TPSA) is 38.5 Å². The molecule has 1 aromatic carbocycles. The predicted octanol–water partition coefficient (Wildman–Crippen LogP) is 2.19. The highest BCUT2D eigenvalue weighted by molar-refractivity contribution is 5.58. The number of benzene rings is 1. The SMILES string of the molecule is Cc1cc(N)cc(N2C[C@@H](C)O[C@@H](C)C2)c1. The minimum absolute atomic E-state index is 0.283. The molecule has 0 radical (unpaired) electrons. The Balaban J connectivity index is 2.22. The van der Waals surface area contributed by atoms with Gasteiger partial charge in [0, 0.05) is 24.5 Å². The summed E-state index contributed by atoms with van der Waals surface area (Å²) in [4.78, 5) is 2.35. The van der Waals surface area contributed by atoms with Gasteiger partial charge in [0.05, 0.1) is 12.2 Å². The van der Waals surface area contributed by atoms with Crippen LogP contribution in [-0.2, 0) is 4.74 Å². The quantitative estimate of drug-likeness (QED) is 0.737. The summed E-state index contributed by atoms with van der Waals surface area (Å²) < 4.78 is 5.73. The number of rotatable bonds is 1. The molecule has 0 amide bonds. The van der Waals surface area contributed by atoms with E-state index in [1.165, 1.54) is 11.3 Å². The van der Waals surface area contributed by atoms with Crippen molar-refractivity contribution in [2.45, 2.75) is 33.0 Å². The van der Waals surface area contributed by atoms with Crippen LogP contribution in [-0.4, -0.2) is 25.3 Å². The fourth-order valence-corrected chi connectivity index (χ4v) is 2.36. The number of nitrogen functional groups attached to an aromatic ring is 1. The number of hydrogen-bond donors (Lipinski definition) is 1. The molecule has 0 aliphatic carbocycles. The number of nitrogens with zero attached hydrogens (tertiary/aromatic N) is 1. The molecule has 0 spiro atoms. The maximum Gasteiger partial charge on any atom is 0.0726 e. The molecule has 0 aromatic heterocycles. The fraction of sp³-hybridized carbons (Fsp3) is 0.538. The average molecular weight is 220 g/mol. The highest BCUT2D eigenvalue weighted by atomic mass is 16.5. The normalized spacial score (nSPS) is 25.8. The molecule has 2 atom stereocenters. The van der Waals surface area contributed by atoms with Crippen LogP contribution in [0.1, 0.15) is 19.4 Å². The van der Waals surface area contributed by atoms with Crippen molar-refractivity contribution in [3.63, 3.8) is 0 Å². The van der Waals surface area contributed by atoms with E-state index in [9.17, 15) is 0 Å². The van der Waals surface area contributed by atoms with Crippen molar-refractivity contribution in [2.24, 2.45) is 0 Å². The highest BCUT2D eigenvalue weighted by Crippen LogP contribution is 2.23. The smallest absolute Gasteiger partial charge is 0.0726 e. The van der Waals surface area contributed by atoms with Crippen molar-refractivity contribution in [1.82, 2.24) is 0 Å². The van der Waals surface area contributed by atoms with Crippen LogP contribution in [0.3, 0.4) is 0 Å². The third-order valence-corrected chi connectivity index (χ3v) is 2.87. The Morgan fingerprint density at radius 1 is 1.19 bits per heavy atom. The van der Waals surface area contributed by atoms with E-state index in [0.717, 1.165) is 18.8 Å². The largest absolute Gasteiger partial charge is 0.399 e. The van der Waals surface area contributed by atoms with E-state index in [2.05, 4.69) is 31.7 Å². The van der Waals surface area contributed by atoms with Crippen LogP contribution in [0.15, 0.2) is 18.2 Å². The summed E-state index contributed by atoms with van der Waals surface area (Å²) in [6, 6.07) is 6.22. The first-order valence-electron chi connectivity index (χ1n) is 5.82. The summed E-state index contributed by atoms with van der Waals surface area (Å²) >= 11 is 0. The van der Waals surface area contributed by atoms with E-state index in [-0.39, 0.29) is 12.2 Å². The first-order valence-corrected chi connectivity index (χ1v) is 5.82. The second-order valence-corrected chi connectivity index (χ2v) is 4.76. The molecule has 1 aliphatic heterocycles. The number of aryl methyl sites for hydroxylation is 1. The molecule has 1 aliphatic rings. The molecule has 3 nitrogen and oxygen atoms in total. The van der Waals surface area contributed by atoms with E-state index in [4.69, 9.17) is 10.5 Å². The van der Waals surface area contributed by atoms with Crippen molar-refractivity contribution in [1.29, 1.82) is 0 Å². The lowest BCUT2D eigenvalue weighted by molar-refractivity contribution is -0.00521. The molecule has 1 aromatic rings. The van der Waals surface area contributed by atoms with E-state index in [1.807, 2.05) is 12.1 Å². The predicted molar refractivity (Wildman–Crippen MR) is 67.8 cm³/mol. The summed E-state index contributed by atoms with van der Waals surface area (Å²) in [7, 11) is 0. The lowest BCUT2D eigenvalue weighted by atomic mass is 10.1. The first kappa shape index (κ1) is 11.3. The Morgan fingerprint density at radius 2 is 1.81 bits per heavy atom. The van der Waals surface area contributed by atoms with Crippen LogP contribution in [0.25, 0.3) is 0 Å². The van der Waals surface area contributed by atoms with Gasteiger partial charge < -0.3 is 15.4 Å². The number of anilines is 2. The van der Waals surface area contributed by atoms with E-state index < -0.39 is 0 Å². The first-order chi connectivity index (χ1) is 7.54. The maximum absolute atomic E-state index is 5.88. The third-order valence-electron chi connectivity index (χ3n) is 2.87. The Hall–Kier alpha value is -1.22. The van der Waals surface area contributed by atoms with Crippen LogP contribution in [0.5, 0.6) is 0 Å². The van der Waals surface area contributed by atoms with Crippen LogP contribution >= 0.6 is 0 Å². The van der Waals surface area contributed by atoms with Gasteiger partial charge in [-0.2, -0.15) is 0 Å². The third kappa shape index (κ3) is 2.47. The number of ether oxygens (including phenoxy) is 1. The van der Waals surface area contributed by atoms with Gasteiger partial charge in [-0.15, -0.1) is 0 Å². The standard InChI is InChI=1S/C13H20N2O/c1-9-4-12(14)6-13(5-9)15-7-10(2)16-11(3)8-15/h4-6,10-11H,7-8,14H2,1-3H3/t10-,11+. The Kier molecular flexibility index (Phi) is 3.06. The van der Waals surface area contributed by atoms with Crippen molar-refractivity contribution in [2.75, 3.05) is 23.7 Å². The van der Waals surface area contributed by atoms with Gasteiger partial charge in [-0.25, -0.2) is 0 Å². The second-order valence-electron chi connectivity index (χ2n) is 4.76. The summed E-state index contributed by atoms with van der Waals surface area (Å²) in [6.45, 7) is 8.18. The van der Waals surface area contributed by atoms with Gasteiger partial charge in [0.25, 0.3) is 0 Å². The lowest BCUT2D eigenvalue weighted by Gasteiger charge is -2.37. The number of nitrogens with two attached hydrogens (primary N) is 1. The zero-order valence-electron chi connectivity index (χ0n) is 10.2. The Labute approximate surface area is 97.2 Å².